The van der Waals surface area contributed by atoms with Crippen LogP contribution in [0.4, 0.5) is 0 Å². The molecule has 0 bridgehead atoms. The Morgan fingerprint density at radius 2 is 0.708 bits per heavy atom. The van der Waals surface area contributed by atoms with E-state index in [1.807, 2.05) is 0 Å². The van der Waals surface area contributed by atoms with Gasteiger partial charge in [0.05, 0.1) is 38.8 Å². The van der Waals surface area contributed by atoms with Gasteiger partial charge in [-0.1, -0.05) is 182 Å². The Hall–Kier alpha value is -9.38. The fourth-order valence-corrected chi connectivity index (χ4v) is 14.8. The van der Waals surface area contributed by atoms with E-state index in [4.69, 9.17) is 0 Å². The third kappa shape index (κ3) is 4.12. The number of aromatic nitrogens is 3. The molecule has 0 atom stereocenters. The summed E-state index contributed by atoms with van der Waals surface area (Å²) in [6, 6.07) is 83.5. The lowest BCUT2D eigenvalue weighted by Crippen LogP contribution is -2.59. The van der Waals surface area contributed by atoms with Gasteiger partial charge in [0.15, 0.2) is 0 Å². The van der Waals surface area contributed by atoms with Crippen LogP contribution in [0.15, 0.2) is 218 Å². The topological polar surface area (TPSA) is 14.8 Å². The zero-order chi connectivity index (χ0) is 46.2. The Morgan fingerprint density at radius 1 is 0.264 bits per heavy atom. The molecule has 326 valence electrons. The molecule has 0 spiro atoms. The standard InChI is InChI=1S/C68H36BN3/c1-5-17-43-37(12-1)24-30-53-60(43)61-44-18-6-2-13-38(44)25-31-54(61)70(53)42-35-57-66-58(36-42)72-56-33-27-40-16-11-23-49-47-21-9-10-22-48(47)50-28-29-51(67(72)64(50)65(56)59(40)49)69(66)52-34-41-15-4-8-20-46(41)63-62-45-19-7-3-14-39(45)26-32-55(62)71(57)68(52)63/h1-36H. The van der Waals surface area contributed by atoms with Crippen molar-refractivity contribution in [1.29, 1.82) is 0 Å². The van der Waals surface area contributed by atoms with E-state index in [2.05, 4.69) is 232 Å². The Kier molecular flexibility index (Phi) is 6.35. The molecule has 3 aromatic heterocycles. The molecular formula is C68H36BN3. The summed E-state index contributed by atoms with van der Waals surface area (Å²) in [5, 5.41) is 20.7. The first-order valence-electron chi connectivity index (χ1n) is 25.3. The minimum Gasteiger partial charge on any atom is -0.310 e. The first-order valence-corrected chi connectivity index (χ1v) is 25.3. The maximum absolute atomic E-state index is 2.69. The van der Waals surface area contributed by atoms with Crippen LogP contribution in [0.3, 0.4) is 0 Å². The molecule has 3 aliphatic rings. The molecule has 3 nitrogen and oxygen atoms in total. The molecule has 1 aliphatic carbocycles. The van der Waals surface area contributed by atoms with Crippen LogP contribution in [-0.2, 0) is 0 Å². The van der Waals surface area contributed by atoms with E-state index in [1.54, 1.807) is 0 Å². The van der Waals surface area contributed by atoms with Gasteiger partial charge < -0.3 is 13.7 Å². The zero-order valence-corrected chi connectivity index (χ0v) is 38.7. The van der Waals surface area contributed by atoms with E-state index in [-0.39, 0.29) is 6.71 Å². The number of nitrogens with zero attached hydrogens (tertiary/aromatic N) is 3. The van der Waals surface area contributed by atoms with E-state index >= 15 is 0 Å². The number of hydrogen-bond acceptors (Lipinski definition) is 0. The summed E-state index contributed by atoms with van der Waals surface area (Å²) in [6.45, 7) is -0.0274. The van der Waals surface area contributed by atoms with Crippen molar-refractivity contribution in [2.24, 2.45) is 0 Å². The lowest BCUT2D eigenvalue weighted by molar-refractivity contribution is 1.11. The van der Waals surface area contributed by atoms with Gasteiger partial charge >= 0.3 is 0 Å². The van der Waals surface area contributed by atoms with Crippen LogP contribution < -0.4 is 16.4 Å². The van der Waals surface area contributed by atoms with E-state index in [0.717, 1.165) is 5.69 Å². The number of hydrogen-bond donors (Lipinski definition) is 0. The molecule has 0 unspecified atom stereocenters. The molecule has 13 aromatic carbocycles. The highest BCUT2D eigenvalue weighted by molar-refractivity contribution is 7.00. The molecule has 0 N–H and O–H groups in total. The first-order chi connectivity index (χ1) is 35.8. The highest BCUT2D eigenvalue weighted by Gasteiger charge is 2.43. The van der Waals surface area contributed by atoms with Crippen LogP contribution >= 0.6 is 0 Å². The number of fused-ring (bicyclic) bond motifs is 22. The summed E-state index contributed by atoms with van der Waals surface area (Å²) in [5.74, 6) is 0. The summed E-state index contributed by atoms with van der Waals surface area (Å²) in [4.78, 5) is 0. The predicted molar refractivity (Wildman–Crippen MR) is 306 cm³/mol. The van der Waals surface area contributed by atoms with Crippen LogP contribution in [0.5, 0.6) is 0 Å². The smallest absolute Gasteiger partial charge is 0.252 e. The molecule has 0 radical (unpaired) electrons. The van der Waals surface area contributed by atoms with Crippen molar-refractivity contribution >= 4 is 142 Å². The van der Waals surface area contributed by atoms with Gasteiger partial charge in [0.25, 0.3) is 6.71 Å². The van der Waals surface area contributed by atoms with Crippen molar-refractivity contribution in [3.05, 3.63) is 218 Å². The summed E-state index contributed by atoms with van der Waals surface area (Å²) < 4.78 is 7.95. The van der Waals surface area contributed by atoms with E-state index in [0.29, 0.717) is 0 Å². The minimum atomic E-state index is -0.0274. The van der Waals surface area contributed by atoms with Crippen molar-refractivity contribution in [2.45, 2.75) is 0 Å². The van der Waals surface area contributed by atoms with E-state index in [1.165, 1.54) is 169 Å². The highest BCUT2D eigenvalue weighted by Crippen LogP contribution is 2.52. The molecular weight excluding hydrogens is 870 g/mol. The van der Waals surface area contributed by atoms with Crippen molar-refractivity contribution in [3.8, 4) is 39.3 Å². The highest BCUT2D eigenvalue weighted by atomic mass is 15.1. The molecule has 0 amide bonds. The summed E-state index contributed by atoms with van der Waals surface area (Å²) in [6.07, 6.45) is 0. The second kappa shape index (κ2) is 12.5. The Labute approximate surface area is 411 Å². The van der Waals surface area contributed by atoms with Crippen molar-refractivity contribution < 1.29 is 0 Å². The van der Waals surface area contributed by atoms with Crippen LogP contribution in [0.1, 0.15) is 0 Å². The van der Waals surface area contributed by atoms with Crippen LogP contribution in [0, 0.1) is 0 Å². The quantitative estimate of drug-likeness (QED) is 0.146. The summed E-state index contributed by atoms with van der Waals surface area (Å²) in [5.41, 5.74) is 20.5. The van der Waals surface area contributed by atoms with E-state index in [9.17, 15) is 0 Å². The lowest BCUT2D eigenvalue weighted by Gasteiger charge is -2.35. The Morgan fingerprint density at radius 3 is 1.32 bits per heavy atom. The van der Waals surface area contributed by atoms with Crippen molar-refractivity contribution in [1.82, 2.24) is 13.7 Å². The van der Waals surface area contributed by atoms with Gasteiger partial charge in [0.1, 0.15) is 0 Å². The van der Waals surface area contributed by atoms with Gasteiger partial charge in [0, 0.05) is 43.7 Å². The molecule has 72 heavy (non-hydrogen) atoms. The lowest BCUT2D eigenvalue weighted by atomic mass is 9.34. The average molecular weight is 906 g/mol. The third-order valence-electron chi connectivity index (χ3n) is 17.4. The SMILES string of the molecule is c1ccc2c(c1)-c1cccc3ccc4c(c13)c1c-2ccc2c1n4-c1cc(-n3c4ccc5ccccc5c4c4c5ccccc5ccc43)cc3c1B2c1cc2ccccc2c2c4c5ccccc5ccc4n-3c12. The fraction of sp³-hybridized carbons (Fsp3) is 0. The molecule has 2 aliphatic heterocycles. The predicted octanol–water partition coefficient (Wildman–Crippen LogP) is 15.5. The number of rotatable bonds is 1. The van der Waals surface area contributed by atoms with Crippen LogP contribution in [0.25, 0.3) is 159 Å². The fourth-order valence-electron chi connectivity index (χ4n) is 14.8. The monoisotopic (exact) mass is 905 g/mol. The van der Waals surface area contributed by atoms with Crippen LogP contribution in [0.2, 0.25) is 0 Å². The zero-order valence-electron chi connectivity index (χ0n) is 38.7. The van der Waals surface area contributed by atoms with Gasteiger partial charge in [0.2, 0.25) is 0 Å². The Bertz CT molecular complexity index is 5200. The van der Waals surface area contributed by atoms with Crippen molar-refractivity contribution in [3.63, 3.8) is 0 Å². The third-order valence-corrected chi connectivity index (χ3v) is 17.4. The molecule has 5 heterocycles. The van der Waals surface area contributed by atoms with E-state index < -0.39 is 0 Å². The summed E-state index contributed by atoms with van der Waals surface area (Å²) in [7, 11) is 0. The summed E-state index contributed by atoms with van der Waals surface area (Å²) >= 11 is 0. The van der Waals surface area contributed by atoms with Gasteiger partial charge in [-0.15, -0.1) is 0 Å². The average Bonchev–Trinajstić information content (AvgIpc) is 4.09. The second-order valence-electron chi connectivity index (χ2n) is 20.6. The minimum absolute atomic E-state index is 0.0274. The maximum Gasteiger partial charge on any atom is 0.252 e. The van der Waals surface area contributed by atoms with Gasteiger partial charge in [-0.05, 0) is 129 Å². The van der Waals surface area contributed by atoms with Gasteiger partial charge in [-0.2, -0.15) is 0 Å². The molecule has 4 heteroatoms. The van der Waals surface area contributed by atoms with Gasteiger partial charge in [-0.25, -0.2) is 0 Å². The van der Waals surface area contributed by atoms with Crippen molar-refractivity contribution in [2.75, 3.05) is 0 Å². The molecule has 0 saturated heterocycles. The largest absolute Gasteiger partial charge is 0.310 e. The molecule has 16 aromatic rings. The number of benzene rings is 13. The van der Waals surface area contributed by atoms with Crippen LogP contribution in [-0.4, -0.2) is 20.4 Å². The molecule has 0 saturated carbocycles. The Balaban J connectivity index is 1.07. The first kappa shape index (κ1) is 36.6. The molecule has 19 rings (SSSR count). The normalized spacial score (nSPS) is 13.2. The molecule has 0 fully saturated rings. The maximum atomic E-state index is 2.69. The van der Waals surface area contributed by atoms with Gasteiger partial charge in [-0.3, -0.25) is 0 Å². The second-order valence-corrected chi connectivity index (χ2v) is 20.6.